The molecule has 5 fully saturated rings. The molecule has 5 heterocycles. The number of rotatable bonds is 9. The zero-order chi connectivity index (χ0) is 27.8. The minimum absolute atomic E-state index is 0.00477. The van der Waals surface area contributed by atoms with Crippen LogP contribution in [0.5, 0.6) is 0 Å². The average molecular weight is 536 g/mol. The van der Waals surface area contributed by atoms with Gasteiger partial charge in [0.15, 0.2) is 0 Å². The van der Waals surface area contributed by atoms with Gasteiger partial charge in [-0.15, -0.1) is 0 Å². The average Bonchev–Trinajstić information content (AvgIpc) is 3.46. The molecule has 5 aliphatic heterocycles. The SMILES string of the molecule is CC(C)(/C=C(\C#N)C(=O)N1C2CCC1(COC(=O)N[C@@H](Cc1ccccc1)B(O)O)CC2)N1CC2CC(C1)O2. The predicted octanol–water partition coefficient (Wildman–Crippen LogP) is 1.56. The molecule has 0 saturated carbocycles. The number of hydrogen-bond donors (Lipinski definition) is 3. The van der Waals surface area contributed by atoms with Gasteiger partial charge in [0, 0.05) is 31.1 Å². The molecule has 0 radical (unpaired) electrons. The number of alkyl carbamates (subject to hydrolysis) is 1. The summed E-state index contributed by atoms with van der Waals surface area (Å²) in [4.78, 5) is 30.5. The van der Waals surface area contributed by atoms with Crippen LogP contribution in [0.3, 0.4) is 0 Å². The molecule has 6 rings (SSSR count). The highest BCUT2D eigenvalue weighted by molar-refractivity contribution is 6.43. The maximum atomic E-state index is 13.8. The molecule has 0 spiro atoms. The van der Waals surface area contributed by atoms with Gasteiger partial charge in [0.05, 0.1) is 23.7 Å². The van der Waals surface area contributed by atoms with Gasteiger partial charge in [-0.25, -0.2) is 4.79 Å². The number of carbonyl (C=O) groups excluding carboxylic acids is 2. The standard InChI is InChI=1S/C28H37BN4O6/c1-27(2,32-16-22-13-23(17-32)39-22)14-20(15-30)25(34)33-21-8-10-28(33,11-9-21)18-38-26(35)31-24(29(36)37)12-19-6-4-3-5-7-19/h3-7,14,21-24,36-37H,8-13,16-18H2,1-2H3,(H,31,35)/b20-14+/t21?,22?,23?,24-,28?/m0/s1. The first-order chi connectivity index (χ1) is 18.6. The minimum atomic E-state index is -1.76. The van der Waals surface area contributed by atoms with Crippen LogP contribution in [-0.2, 0) is 20.7 Å². The third-order valence-electron chi connectivity index (χ3n) is 8.84. The van der Waals surface area contributed by atoms with Crippen LogP contribution in [0.15, 0.2) is 42.0 Å². The second-order valence-corrected chi connectivity index (χ2v) is 11.9. The number of fused-ring (bicyclic) bond motifs is 4. The Kier molecular flexibility index (Phi) is 7.75. The van der Waals surface area contributed by atoms with Crippen LogP contribution in [0.2, 0.25) is 0 Å². The van der Waals surface area contributed by atoms with E-state index in [1.807, 2.05) is 44.2 Å². The molecule has 10 nitrogen and oxygen atoms in total. The van der Waals surface area contributed by atoms with Gasteiger partial charge in [-0.2, -0.15) is 5.26 Å². The van der Waals surface area contributed by atoms with Crippen molar-refractivity contribution in [2.75, 3.05) is 19.7 Å². The number of nitriles is 1. The molecule has 1 aromatic carbocycles. The van der Waals surface area contributed by atoms with Crippen molar-refractivity contribution >= 4 is 19.1 Å². The zero-order valence-corrected chi connectivity index (χ0v) is 22.6. The number of amides is 2. The minimum Gasteiger partial charge on any atom is -0.447 e. The van der Waals surface area contributed by atoms with E-state index in [1.165, 1.54) is 0 Å². The van der Waals surface area contributed by atoms with E-state index in [0.717, 1.165) is 37.9 Å². The lowest BCUT2D eigenvalue weighted by molar-refractivity contribution is -0.192. The van der Waals surface area contributed by atoms with Crippen molar-refractivity contribution in [3.8, 4) is 6.07 Å². The number of nitrogens with one attached hydrogen (secondary N) is 1. The van der Waals surface area contributed by atoms with Gasteiger partial charge in [0.25, 0.3) is 5.91 Å². The molecule has 11 heteroatoms. The van der Waals surface area contributed by atoms with Crippen LogP contribution in [0, 0.1) is 11.3 Å². The van der Waals surface area contributed by atoms with Crippen molar-refractivity contribution < 1.29 is 29.1 Å². The molecule has 3 atom stereocenters. The van der Waals surface area contributed by atoms with Crippen molar-refractivity contribution in [1.29, 1.82) is 5.26 Å². The lowest BCUT2D eigenvalue weighted by Gasteiger charge is -2.52. The quantitative estimate of drug-likeness (QED) is 0.246. The normalized spacial score (nSPS) is 28.8. The van der Waals surface area contributed by atoms with Crippen LogP contribution in [0.1, 0.15) is 51.5 Å². The lowest BCUT2D eigenvalue weighted by Crippen LogP contribution is -2.62. The molecule has 2 amide bonds. The molecule has 39 heavy (non-hydrogen) atoms. The van der Waals surface area contributed by atoms with Crippen molar-refractivity contribution in [1.82, 2.24) is 15.1 Å². The lowest BCUT2D eigenvalue weighted by atomic mass is 9.76. The molecular formula is C28H37BN4O6. The maximum Gasteiger partial charge on any atom is 0.475 e. The first-order valence-corrected chi connectivity index (χ1v) is 13.8. The fourth-order valence-corrected chi connectivity index (χ4v) is 6.66. The summed E-state index contributed by atoms with van der Waals surface area (Å²) in [6.07, 6.45) is 5.67. The predicted molar refractivity (Wildman–Crippen MR) is 143 cm³/mol. The van der Waals surface area contributed by atoms with E-state index in [-0.39, 0.29) is 42.8 Å². The number of benzene rings is 1. The molecule has 5 saturated heterocycles. The van der Waals surface area contributed by atoms with Gasteiger partial charge in [-0.3, -0.25) is 9.69 Å². The van der Waals surface area contributed by atoms with Gasteiger partial charge < -0.3 is 29.7 Å². The first-order valence-electron chi connectivity index (χ1n) is 13.8. The van der Waals surface area contributed by atoms with E-state index in [4.69, 9.17) is 9.47 Å². The van der Waals surface area contributed by atoms with Crippen LogP contribution in [0.4, 0.5) is 4.79 Å². The monoisotopic (exact) mass is 536 g/mol. The van der Waals surface area contributed by atoms with Crippen LogP contribution in [0.25, 0.3) is 0 Å². The van der Waals surface area contributed by atoms with Crippen molar-refractivity contribution in [2.45, 2.75) is 87.6 Å². The van der Waals surface area contributed by atoms with Crippen molar-refractivity contribution in [3.63, 3.8) is 0 Å². The molecular weight excluding hydrogens is 499 g/mol. The maximum absolute atomic E-state index is 13.8. The van der Waals surface area contributed by atoms with E-state index in [0.29, 0.717) is 12.8 Å². The van der Waals surface area contributed by atoms with E-state index in [1.54, 1.807) is 11.0 Å². The van der Waals surface area contributed by atoms with Gasteiger partial charge >= 0.3 is 13.2 Å². The van der Waals surface area contributed by atoms with Crippen LogP contribution < -0.4 is 5.32 Å². The molecule has 3 N–H and O–H groups in total. The third-order valence-corrected chi connectivity index (χ3v) is 8.84. The third kappa shape index (κ3) is 5.70. The molecule has 4 bridgehead atoms. The van der Waals surface area contributed by atoms with E-state index in [9.17, 15) is 24.9 Å². The highest BCUT2D eigenvalue weighted by Gasteiger charge is 2.55. The number of nitrogens with zero attached hydrogens (tertiary/aromatic N) is 3. The number of hydrogen-bond acceptors (Lipinski definition) is 8. The fourth-order valence-electron chi connectivity index (χ4n) is 6.66. The molecule has 0 aromatic heterocycles. The Bertz CT molecular complexity index is 1130. The van der Waals surface area contributed by atoms with Crippen molar-refractivity contribution in [2.24, 2.45) is 0 Å². The molecule has 208 valence electrons. The van der Waals surface area contributed by atoms with Gasteiger partial charge in [0.2, 0.25) is 0 Å². The van der Waals surface area contributed by atoms with Crippen molar-refractivity contribution in [3.05, 3.63) is 47.5 Å². The summed E-state index contributed by atoms with van der Waals surface area (Å²) in [5.74, 6) is -1.27. The molecule has 1 aromatic rings. The zero-order valence-electron chi connectivity index (χ0n) is 22.6. The summed E-state index contributed by atoms with van der Waals surface area (Å²) >= 11 is 0. The molecule has 2 unspecified atom stereocenters. The Labute approximate surface area is 229 Å². The Balaban J connectivity index is 1.24. The number of piperidine rings is 1. The van der Waals surface area contributed by atoms with Gasteiger partial charge in [0.1, 0.15) is 18.2 Å². The summed E-state index contributed by atoms with van der Waals surface area (Å²) in [7, 11) is -1.76. The highest BCUT2D eigenvalue weighted by Crippen LogP contribution is 2.47. The number of carbonyl (C=O) groups is 2. The highest BCUT2D eigenvalue weighted by atomic mass is 16.6. The number of ether oxygens (including phenoxy) is 2. The first kappa shape index (κ1) is 27.7. The largest absolute Gasteiger partial charge is 0.475 e. The second-order valence-electron chi connectivity index (χ2n) is 11.9. The topological polar surface area (TPSA) is 135 Å². The van der Waals surface area contributed by atoms with E-state index >= 15 is 0 Å². The summed E-state index contributed by atoms with van der Waals surface area (Å²) in [5, 5.41) is 32.1. The molecule has 0 aliphatic carbocycles. The Morgan fingerprint density at radius 3 is 2.49 bits per heavy atom. The second kappa shape index (κ2) is 10.9. The Hall–Kier alpha value is -2.91. The van der Waals surface area contributed by atoms with Gasteiger partial charge in [-0.05, 0) is 57.6 Å². The Morgan fingerprint density at radius 1 is 1.26 bits per heavy atom. The Morgan fingerprint density at radius 2 is 1.90 bits per heavy atom. The smallest absolute Gasteiger partial charge is 0.447 e. The summed E-state index contributed by atoms with van der Waals surface area (Å²) in [6, 6.07) is 11.4. The van der Waals surface area contributed by atoms with E-state index in [2.05, 4.69) is 16.3 Å². The van der Waals surface area contributed by atoms with Crippen LogP contribution in [-0.4, -0.2) is 93.9 Å². The molecule has 5 aliphatic rings. The van der Waals surface area contributed by atoms with Gasteiger partial charge in [-0.1, -0.05) is 30.3 Å². The fraction of sp³-hybridized carbons (Fsp3) is 0.607. The summed E-state index contributed by atoms with van der Waals surface area (Å²) in [5.41, 5.74) is -0.211. The summed E-state index contributed by atoms with van der Waals surface area (Å²) in [6.45, 7) is 5.58. The van der Waals surface area contributed by atoms with Crippen LogP contribution >= 0.6 is 0 Å². The summed E-state index contributed by atoms with van der Waals surface area (Å²) < 4.78 is 11.3. The van der Waals surface area contributed by atoms with E-state index < -0.39 is 30.2 Å². The number of morpholine rings is 1.